The summed E-state index contributed by atoms with van der Waals surface area (Å²) in [6.07, 6.45) is 5.53. The molecule has 1 atom stereocenters. The van der Waals surface area contributed by atoms with Crippen molar-refractivity contribution in [2.75, 3.05) is 19.7 Å². The first-order valence-electron chi connectivity index (χ1n) is 7.91. The summed E-state index contributed by atoms with van der Waals surface area (Å²) < 4.78 is 0. The molecule has 4 N–H and O–H groups in total. The van der Waals surface area contributed by atoms with E-state index >= 15 is 0 Å². The van der Waals surface area contributed by atoms with Gasteiger partial charge in [0.25, 0.3) is 0 Å². The molecule has 1 unspecified atom stereocenters. The Hall–Kier alpha value is -0.610. The molecule has 1 amide bonds. The van der Waals surface area contributed by atoms with E-state index in [4.69, 9.17) is 10.8 Å². The second-order valence-corrected chi connectivity index (χ2v) is 7.43. The predicted molar refractivity (Wildman–Crippen MR) is 82.2 cm³/mol. The standard InChI is InChI=1S/C16H32N2O2/c1-15(2,3)13(6-10-17)4-5-14(20)18-12-16(7-8-16)9-11-19/h13,19H,4-12,17H2,1-3H3,(H,18,20). The van der Waals surface area contributed by atoms with Gasteiger partial charge in [0.15, 0.2) is 0 Å². The number of hydrogen-bond donors (Lipinski definition) is 3. The van der Waals surface area contributed by atoms with Crippen molar-refractivity contribution in [1.82, 2.24) is 5.32 Å². The first-order valence-corrected chi connectivity index (χ1v) is 7.91. The van der Waals surface area contributed by atoms with Crippen LogP contribution in [0.1, 0.15) is 59.3 Å². The van der Waals surface area contributed by atoms with Gasteiger partial charge in [0.1, 0.15) is 0 Å². The number of hydrogen-bond acceptors (Lipinski definition) is 3. The molecule has 118 valence electrons. The Bertz CT molecular complexity index is 306. The normalized spacial score (nSPS) is 18.6. The van der Waals surface area contributed by atoms with Crippen LogP contribution in [0.25, 0.3) is 0 Å². The molecule has 0 aromatic heterocycles. The Morgan fingerprint density at radius 3 is 2.45 bits per heavy atom. The lowest BCUT2D eigenvalue weighted by Gasteiger charge is -2.30. The van der Waals surface area contributed by atoms with Crippen LogP contribution in [0.5, 0.6) is 0 Å². The minimum absolute atomic E-state index is 0.139. The molecule has 4 heteroatoms. The van der Waals surface area contributed by atoms with Gasteiger partial charge in [0.05, 0.1) is 0 Å². The smallest absolute Gasteiger partial charge is 0.220 e. The molecule has 1 aliphatic rings. The fraction of sp³-hybridized carbons (Fsp3) is 0.938. The first-order chi connectivity index (χ1) is 9.33. The third-order valence-corrected chi connectivity index (χ3v) is 4.72. The molecule has 0 radical (unpaired) electrons. The van der Waals surface area contributed by atoms with Gasteiger partial charge >= 0.3 is 0 Å². The highest BCUT2D eigenvalue weighted by molar-refractivity contribution is 5.75. The maximum Gasteiger partial charge on any atom is 0.220 e. The number of aliphatic hydroxyl groups excluding tert-OH is 1. The van der Waals surface area contributed by atoms with E-state index in [-0.39, 0.29) is 23.3 Å². The second kappa shape index (κ2) is 7.41. The molecule has 0 heterocycles. The van der Waals surface area contributed by atoms with Crippen LogP contribution < -0.4 is 11.1 Å². The van der Waals surface area contributed by atoms with Crippen LogP contribution in [0, 0.1) is 16.7 Å². The summed E-state index contributed by atoms with van der Waals surface area (Å²) in [7, 11) is 0. The minimum atomic E-state index is 0.139. The van der Waals surface area contributed by atoms with Gasteiger partial charge in [-0.3, -0.25) is 4.79 Å². The Kier molecular flexibility index (Phi) is 6.46. The summed E-state index contributed by atoms with van der Waals surface area (Å²) in [5.74, 6) is 0.631. The Morgan fingerprint density at radius 2 is 2.00 bits per heavy atom. The maximum absolute atomic E-state index is 12.0. The number of amides is 1. The summed E-state index contributed by atoms with van der Waals surface area (Å²) in [6, 6.07) is 0. The molecular weight excluding hydrogens is 252 g/mol. The summed E-state index contributed by atoms with van der Waals surface area (Å²) in [5, 5.41) is 12.0. The lowest BCUT2D eigenvalue weighted by molar-refractivity contribution is -0.121. The second-order valence-electron chi connectivity index (χ2n) is 7.43. The molecular formula is C16H32N2O2. The van der Waals surface area contributed by atoms with E-state index in [1.165, 1.54) is 0 Å². The molecule has 1 rings (SSSR count). The minimum Gasteiger partial charge on any atom is -0.396 e. The topological polar surface area (TPSA) is 75.4 Å². The Labute approximate surface area is 123 Å². The number of aliphatic hydroxyl groups is 1. The molecule has 1 aliphatic carbocycles. The molecule has 1 fully saturated rings. The average molecular weight is 284 g/mol. The third-order valence-electron chi connectivity index (χ3n) is 4.72. The summed E-state index contributed by atoms with van der Waals surface area (Å²) in [4.78, 5) is 12.0. The van der Waals surface area contributed by atoms with Crippen molar-refractivity contribution in [3.05, 3.63) is 0 Å². The van der Waals surface area contributed by atoms with Crippen molar-refractivity contribution in [2.24, 2.45) is 22.5 Å². The van der Waals surface area contributed by atoms with Crippen molar-refractivity contribution in [2.45, 2.75) is 59.3 Å². The maximum atomic E-state index is 12.0. The van der Waals surface area contributed by atoms with Crippen LogP contribution in [0.2, 0.25) is 0 Å². The van der Waals surface area contributed by atoms with Crippen LogP contribution >= 0.6 is 0 Å². The van der Waals surface area contributed by atoms with E-state index < -0.39 is 0 Å². The third kappa shape index (κ3) is 5.80. The summed E-state index contributed by atoms with van der Waals surface area (Å²) in [6.45, 7) is 8.27. The van der Waals surface area contributed by atoms with Crippen LogP contribution in [0.4, 0.5) is 0 Å². The molecule has 20 heavy (non-hydrogen) atoms. The number of carbonyl (C=O) groups excluding carboxylic acids is 1. The molecule has 4 nitrogen and oxygen atoms in total. The monoisotopic (exact) mass is 284 g/mol. The van der Waals surface area contributed by atoms with Gasteiger partial charge in [-0.2, -0.15) is 0 Å². The van der Waals surface area contributed by atoms with Crippen molar-refractivity contribution >= 4 is 5.91 Å². The molecule has 0 aromatic carbocycles. The van der Waals surface area contributed by atoms with E-state index in [1.54, 1.807) is 0 Å². The van der Waals surface area contributed by atoms with Crippen LogP contribution in [-0.4, -0.2) is 30.7 Å². The number of nitrogens with two attached hydrogens (primary N) is 1. The van der Waals surface area contributed by atoms with Crippen molar-refractivity contribution in [3.63, 3.8) is 0 Å². The number of rotatable bonds is 9. The molecule has 0 spiro atoms. The average Bonchev–Trinajstić information content (AvgIpc) is 3.11. The van der Waals surface area contributed by atoms with Crippen molar-refractivity contribution in [1.29, 1.82) is 0 Å². The first kappa shape index (κ1) is 17.4. The van der Waals surface area contributed by atoms with E-state index in [0.717, 1.165) is 38.6 Å². The lowest BCUT2D eigenvalue weighted by Crippen LogP contribution is -2.32. The van der Waals surface area contributed by atoms with Crippen LogP contribution in [0.3, 0.4) is 0 Å². The largest absolute Gasteiger partial charge is 0.396 e. The molecule has 1 saturated carbocycles. The fourth-order valence-corrected chi connectivity index (χ4v) is 2.82. The van der Waals surface area contributed by atoms with Crippen molar-refractivity contribution in [3.8, 4) is 0 Å². The molecule has 0 aliphatic heterocycles. The molecule has 0 aromatic rings. The highest BCUT2D eigenvalue weighted by atomic mass is 16.3. The number of nitrogens with one attached hydrogen (secondary N) is 1. The number of carbonyl (C=O) groups is 1. The van der Waals surface area contributed by atoms with Gasteiger partial charge in [0.2, 0.25) is 5.91 Å². The van der Waals surface area contributed by atoms with Gasteiger partial charge in [-0.25, -0.2) is 0 Å². The zero-order valence-corrected chi connectivity index (χ0v) is 13.4. The zero-order valence-electron chi connectivity index (χ0n) is 13.4. The highest BCUT2D eigenvalue weighted by Crippen LogP contribution is 2.47. The van der Waals surface area contributed by atoms with E-state index in [2.05, 4.69) is 26.1 Å². The quantitative estimate of drug-likeness (QED) is 0.606. The summed E-state index contributed by atoms with van der Waals surface area (Å²) >= 11 is 0. The van der Waals surface area contributed by atoms with Crippen LogP contribution in [0.15, 0.2) is 0 Å². The highest BCUT2D eigenvalue weighted by Gasteiger charge is 2.41. The predicted octanol–water partition coefficient (Wildman–Crippen LogP) is 2.06. The lowest BCUT2D eigenvalue weighted by atomic mass is 9.76. The molecule has 0 bridgehead atoms. The SMILES string of the molecule is CC(C)(C)C(CCN)CCC(=O)NCC1(CCO)CC1. The molecule has 0 saturated heterocycles. The Morgan fingerprint density at radius 1 is 1.35 bits per heavy atom. The van der Waals surface area contributed by atoms with Gasteiger partial charge in [-0.1, -0.05) is 20.8 Å². The van der Waals surface area contributed by atoms with E-state index in [0.29, 0.717) is 18.9 Å². The van der Waals surface area contributed by atoms with Gasteiger partial charge in [-0.05, 0) is 55.4 Å². The summed E-state index contributed by atoms with van der Waals surface area (Å²) in [5.41, 5.74) is 6.07. The van der Waals surface area contributed by atoms with E-state index in [1.807, 2.05) is 0 Å². The van der Waals surface area contributed by atoms with Crippen LogP contribution in [-0.2, 0) is 4.79 Å². The van der Waals surface area contributed by atoms with Crippen molar-refractivity contribution < 1.29 is 9.90 Å². The Balaban J connectivity index is 2.28. The zero-order chi connectivity index (χ0) is 15.2. The van der Waals surface area contributed by atoms with Gasteiger partial charge in [-0.15, -0.1) is 0 Å². The van der Waals surface area contributed by atoms with E-state index in [9.17, 15) is 4.79 Å². The van der Waals surface area contributed by atoms with Gasteiger partial charge in [0, 0.05) is 19.6 Å². The fourth-order valence-electron chi connectivity index (χ4n) is 2.82. The van der Waals surface area contributed by atoms with Gasteiger partial charge < -0.3 is 16.2 Å².